The van der Waals surface area contributed by atoms with E-state index >= 15 is 0 Å². The average Bonchev–Trinajstić information content (AvgIpc) is 2.47. The highest BCUT2D eigenvalue weighted by molar-refractivity contribution is 5.39. The fourth-order valence-corrected chi connectivity index (χ4v) is 3.13. The Morgan fingerprint density at radius 1 is 1.35 bits per heavy atom. The summed E-state index contributed by atoms with van der Waals surface area (Å²) in [5.74, 6) is 0.955. The molecule has 112 valence electrons. The van der Waals surface area contributed by atoms with Crippen LogP contribution >= 0.6 is 0 Å². The minimum absolute atomic E-state index is 0.431. The van der Waals surface area contributed by atoms with Gasteiger partial charge in [-0.1, -0.05) is 19.4 Å². The predicted molar refractivity (Wildman–Crippen MR) is 82.4 cm³/mol. The van der Waals surface area contributed by atoms with Crippen LogP contribution in [-0.4, -0.2) is 26.9 Å². The summed E-state index contributed by atoms with van der Waals surface area (Å²) in [4.78, 5) is 0. The second-order valence-corrected chi connectivity index (χ2v) is 5.62. The van der Waals surface area contributed by atoms with E-state index in [1.807, 2.05) is 0 Å². The molecule has 3 heteroatoms. The molecule has 0 heterocycles. The standard InChI is InChI=1S/C17H27NO2/c1-4-6-14(12-19-2)18-17-8-5-7-13-9-10-15(20-3)11-16(13)17/h9-11,14,17-18H,4-8,12H2,1-3H3. The predicted octanol–water partition coefficient (Wildman–Crippen LogP) is 3.48. The molecule has 2 unspecified atom stereocenters. The van der Waals surface area contributed by atoms with E-state index in [1.54, 1.807) is 14.2 Å². The van der Waals surface area contributed by atoms with Crippen LogP contribution in [0.2, 0.25) is 0 Å². The Morgan fingerprint density at radius 3 is 2.90 bits per heavy atom. The number of methoxy groups -OCH3 is 2. The maximum Gasteiger partial charge on any atom is 0.119 e. The van der Waals surface area contributed by atoms with E-state index in [0.717, 1.165) is 18.8 Å². The van der Waals surface area contributed by atoms with Gasteiger partial charge in [-0.2, -0.15) is 0 Å². The first-order valence-electron chi connectivity index (χ1n) is 7.70. The summed E-state index contributed by atoms with van der Waals surface area (Å²) in [6, 6.07) is 7.35. The number of benzene rings is 1. The molecule has 0 aromatic heterocycles. The van der Waals surface area contributed by atoms with Crippen molar-refractivity contribution in [3.8, 4) is 5.75 Å². The van der Waals surface area contributed by atoms with Crippen molar-refractivity contribution in [1.29, 1.82) is 0 Å². The van der Waals surface area contributed by atoms with Gasteiger partial charge in [-0.15, -0.1) is 0 Å². The van der Waals surface area contributed by atoms with Gasteiger partial charge in [0.05, 0.1) is 13.7 Å². The lowest BCUT2D eigenvalue weighted by atomic mass is 9.87. The van der Waals surface area contributed by atoms with Gasteiger partial charge in [0.1, 0.15) is 5.75 Å². The molecule has 2 rings (SSSR count). The molecular weight excluding hydrogens is 250 g/mol. The Balaban J connectivity index is 2.13. The van der Waals surface area contributed by atoms with Gasteiger partial charge in [0.15, 0.2) is 0 Å². The van der Waals surface area contributed by atoms with E-state index in [-0.39, 0.29) is 0 Å². The second-order valence-electron chi connectivity index (χ2n) is 5.62. The maximum absolute atomic E-state index is 5.38. The lowest BCUT2D eigenvalue weighted by Crippen LogP contribution is -2.37. The van der Waals surface area contributed by atoms with Crippen LogP contribution in [0.4, 0.5) is 0 Å². The molecule has 0 saturated heterocycles. The van der Waals surface area contributed by atoms with E-state index in [2.05, 4.69) is 30.4 Å². The smallest absolute Gasteiger partial charge is 0.119 e. The molecular formula is C17H27NO2. The first-order chi connectivity index (χ1) is 9.78. The van der Waals surface area contributed by atoms with Crippen LogP contribution in [0.15, 0.2) is 18.2 Å². The number of nitrogens with one attached hydrogen (secondary N) is 1. The molecule has 0 amide bonds. The zero-order valence-electron chi connectivity index (χ0n) is 12.9. The Kier molecular flexibility index (Phi) is 5.86. The van der Waals surface area contributed by atoms with Crippen LogP contribution in [0.3, 0.4) is 0 Å². The molecule has 1 aromatic rings. The van der Waals surface area contributed by atoms with Crippen molar-refractivity contribution in [2.45, 2.75) is 51.1 Å². The number of hydrogen-bond acceptors (Lipinski definition) is 3. The molecule has 0 aliphatic heterocycles. The number of aryl methyl sites for hydroxylation is 1. The zero-order chi connectivity index (χ0) is 14.4. The van der Waals surface area contributed by atoms with Crippen molar-refractivity contribution in [2.75, 3.05) is 20.8 Å². The van der Waals surface area contributed by atoms with Crippen LogP contribution in [0, 0.1) is 0 Å². The number of hydrogen-bond donors (Lipinski definition) is 1. The number of ether oxygens (including phenoxy) is 2. The largest absolute Gasteiger partial charge is 0.497 e. The Labute approximate surface area is 122 Å². The molecule has 1 aliphatic rings. The Bertz CT molecular complexity index is 413. The van der Waals surface area contributed by atoms with Gasteiger partial charge in [0.25, 0.3) is 0 Å². The quantitative estimate of drug-likeness (QED) is 0.827. The highest BCUT2D eigenvalue weighted by atomic mass is 16.5. The molecule has 2 atom stereocenters. The summed E-state index contributed by atoms with van der Waals surface area (Å²) in [6.45, 7) is 3.01. The first kappa shape index (κ1) is 15.3. The zero-order valence-corrected chi connectivity index (χ0v) is 12.9. The lowest BCUT2D eigenvalue weighted by molar-refractivity contribution is 0.154. The molecule has 0 saturated carbocycles. The number of rotatable bonds is 7. The van der Waals surface area contributed by atoms with Gasteiger partial charge < -0.3 is 14.8 Å². The minimum Gasteiger partial charge on any atom is -0.497 e. The molecule has 1 aromatic carbocycles. The van der Waals surface area contributed by atoms with Gasteiger partial charge in [0, 0.05) is 19.2 Å². The van der Waals surface area contributed by atoms with Crippen LogP contribution in [0.1, 0.15) is 49.8 Å². The van der Waals surface area contributed by atoms with Gasteiger partial charge >= 0.3 is 0 Å². The Hall–Kier alpha value is -1.06. The van der Waals surface area contributed by atoms with E-state index < -0.39 is 0 Å². The van der Waals surface area contributed by atoms with Gasteiger partial charge in [-0.25, -0.2) is 0 Å². The molecule has 0 radical (unpaired) electrons. The van der Waals surface area contributed by atoms with E-state index in [9.17, 15) is 0 Å². The molecule has 0 bridgehead atoms. The van der Waals surface area contributed by atoms with E-state index in [4.69, 9.17) is 9.47 Å². The average molecular weight is 277 g/mol. The van der Waals surface area contributed by atoms with Crippen LogP contribution in [-0.2, 0) is 11.2 Å². The first-order valence-corrected chi connectivity index (χ1v) is 7.70. The summed E-state index contributed by atoms with van der Waals surface area (Å²) >= 11 is 0. The fourth-order valence-electron chi connectivity index (χ4n) is 3.13. The third kappa shape index (κ3) is 3.74. The monoisotopic (exact) mass is 277 g/mol. The summed E-state index contributed by atoms with van der Waals surface area (Å²) < 4.78 is 10.7. The van der Waals surface area contributed by atoms with Crippen LogP contribution < -0.4 is 10.1 Å². The van der Waals surface area contributed by atoms with E-state index in [0.29, 0.717) is 12.1 Å². The Morgan fingerprint density at radius 2 is 2.20 bits per heavy atom. The minimum atomic E-state index is 0.431. The molecule has 1 aliphatic carbocycles. The van der Waals surface area contributed by atoms with Crippen LogP contribution in [0.25, 0.3) is 0 Å². The fraction of sp³-hybridized carbons (Fsp3) is 0.647. The normalized spacial score (nSPS) is 19.4. The van der Waals surface area contributed by atoms with Gasteiger partial charge in [-0.05, 0) is 48.9 Å². The van der Waals surface area contributed by atoms with Crippen molar-refractivity contribution < 1.29 is 9.47 Å². The molecule has 1 N–H and O–H groups in total. The summed E-state index contributed by atoms with van der Waals surface area (Å²) in [5, 5.41) is 3.78. The third-order valence-corrected chi connectivity index (χ3v) is 4.11. The lowest BCUT2D eigenvalue weighted by Gasteiger charge is -2.30. The van der Waals surface area contributed by atoms with Crippen molar-refractivity contribution in [3.63, 3.8) is 0 Å². The van der Waals surface area contributed by atoms with E-state index in [1.165, 1.54) is 36.8 Å². The summed E-state index contributed by atoms with van der Waals surface area (Å²) in [6.07, 6.45) is 5.97. The van der Waals surface area contributed by atoms with Gasteiger partial charge in [0.2, 0.25) is 0 Å². The maximum atomic E-state index is 5.38. The molecule has 0 fully saturated rings. The summed E-state index contributed by atoms with van der Waals surface area (Å²) in [5.41, 5.74) is 2.87. The topological polar surface area (TPSA) is 30.5 Å². The summed E-state index contributed by atoms with van der Waals surface area (Å²) in [7, 11) is 3.51. The molecule has 20 heavy (non-hydrogen) atoms. The third-order valence-electron chi connectivity index (χ3n) is 4.11. The van der Waals surface area contributed by atoms with Crippen molar-refractivity contribution in [1.82, 2.24) is 5.32 Å². The van der Waals surface area contributed by atoms with Crippen molar-refractivity contribution >= 4 is 0 Å². The SMILES string of the molecule is CCCC(COC)NC1CCCc2ccc(OC)cc21. The highest BCUT2D eigenvalue weighted by Gasteiger charge is 2.23. The number of fused-ring (bicyclic) bond motifs is 1. The highest BCUT2D eigenvalue weighted by Crippen LogP contribution is 2.32. The van der Waals surface area contributed by atoms with Crippen molar-refractivity contribution in [2.24, 2.45) is 0 Å². The molecule has 0 spiro atoms. The van der Waals surface area contributed by atoms with Gasteiger partial charge in [-0.3, -0.25) is 0 Å². The van der Waals surface area contributed by atoms with Crippen LogP contribution in [0.5, 0.6) is 5.75 Å². The second kappa shape index (κ2) is 7.65. The molecule has 3 nitrogen and oxygen atoms in total. The van der Waals surface area contributed by atoms with Crippen molar-refractivity contribution in [3.05, 3.63) is 29.3 Å².